The minimum atomic E-state index is 0.285. The largest absolute Gasteiger partial charge is 0.339 e. The highest BCUT2D eigenvalue weighted by Gasteiger charge is 2.24. The molecule has 1 rings (SSSR count). The van der Waals surface area contributed by atoms with Gasteiger partial charge in [-0.05, 0) is 25.7 Å². The molecule has 0 spiro atoms. The number of halogens is 1. The lowest BCUT2D eigenvalue weighted by molar-refractivity contribution is -0.134. The summed E-state index contributed by atoms with van der Waals surface area (Å²) < 4.78 is 0. The Hall–Kier alpha value is -0.240. The summed E-state index contributed by atoms with van der Waals surface area (Å²) in [5.41, 5.74) is 0. The summed E-state index contributed by atoms with van der Waals surface area (Å²) in [6, 6.07) is 0.300. The maximum absolute atomic E-state index is 11.6. The van der Waals surface area contributed by atoms with Crippen LogP contribution in [0.3, 0.4) is 0 Å². The zero-order valence-electron chi connectivity index (χ0n) is 8.26. The molecule has 0 radical (unpaired) electrons. The monoisotopic (exact) mass is 203 g/mol. The van der Waals surface area contributed by atoms with Gasteiger partial charge in [0, 0.05) is 24.9 Å². The fourth-order valence-corrected chi connectivity index (χ4v) is 2.17. The van der Waals surface area contributed by atoms with Gasteiger partial charge in [-0.15, -0.1) is 11.6 Å². The molecule has 1 aliphatic heterocycles. The molecule has 1 aliphatic rings. The number of alkyl halides is 1. The van der Waals surface area contributed by atoms with Crippen molar-refractivity contribution in [2.45, 2.75) is 45.1 Å². The Bertz CT molecular complexity index is 172. The fourth-order valence-electron chi connectivity index (χ4n) is 1.85. The Kier molecular flexibility index (Phi) is 4.57. The van der Waals surface area contributed by atoms with Gasteiger partial charge in [-0.3, -0.25) is 4.79 Å². The van der Waals surface area contributed by atoms with Crippen LogP contribution in [0.2, 0.25) is 0 Å². The standard InChI is InChI=1S/C10H18ClNO/c1-2-5-10(13)12-7-4-3-6-9(12)8-11/h9H,2-8H2,1H3. The Labute approximate surface area is 85.2 Å². The van der Waals surface area contributed by atoms with Gasteiger partial charge in [-0.2, -0.15) is 0 Å². The van der Waals surface area contributed by atoms with Gasteiger partial charge in [0.05, 0.1) is 0 Å². The average molecular weight is 204 g/mol. The number of rotatable bonds is 3. The van der Waals surface area contributed by atoms with Gasteiger partial charge < -0.3 is 4.90 Å². The van der Waals surface area contributed by atoms with Gasteiger partial charge in [-0.1, -0.05) is 6.92 Å². The number of piperidine rings is 1. The van der Waals surface area contributed by atoms with Crippen LogP contribution in [-0.2, 0) is 4.79 Å². The predicted molar refractivity (Wildman–Crippen MR) is 55.0 cm³/mol. The summed E-state index contributed by atoms with van der Waals surface area (Å²) in [6.45, 7) is 2.95. The van der Waals surface area contributed by atoms with E-state index in [0.717, 1.165) is 25.8 Å². The van der Waals surface area contributed by atoms with Crippen molar-refractivity contribution in [3.05, 3.63) is 0 Å². The summed E-state index contributed by atoms with van der Waals surface area (Å²) in [5, 5.41) is 0. The molecule has 1 atom stereocenters. The van der Waals surface area contributed by atoms with Crippen molar-refractivity contribution in [3.8, 4) is 0 Å². The fraction of sp³-hybridized carbons (Fsp3) is 0.900. The highest BCUT2D eigenvalue weighted by molar-refractivity contribution is 6.18. The molecule has 0 aromatic heterocycles. The molecular weight excluding hydrogens is 186 g/mol. The van der Waals surface area contributed by atoms with Crippen LogP contribution in [0.1, 0.15) is 39.0 Å². The molecule has 3 heteroatoms. The number of amides is 1. The van der Waals surface area contributed by atoms with Crippen molar-refractivity contribution in [1.82, 2.24) is 4.90 Å². The third kappa shape index (κ3) is 2.87. The highest BCUT2D eigenvalue weighted by Crippen LogP contribution is 2.19. The molecule has 0 aromatic carbocycles. The van der Waals surface area contributed by atoms with Crippen LogP contribution in [0.15, 0.2) is 0 Å². The van der Waals surface area contributed by atoms with E-state index in [4.69, 9.17) is 11.6 Å². The summed E-state index contributed by atoms with van der Waals surface area (Å²) in [4.78, 5) is 13.6. The zero-order valence-corrected chi connectivity index (χ0v) is 9.02. The third-order valence-corrected chi connectivity index (χ3v) is 2.95. The van der Waals surface area contributed by atoms with E-state index < -0.39 is 0 Å². The molecule has 0 aromatic rings. The Morgan fingerprint density at radius 2 is 2.31 bits per heavy atom. The first-order valence-electron chi connectivity index (χ1n) is 5.15. The lowest BCUT2D eigenvalue weighted by atomic mass is 10.0. The molecule has 0 aliphatic carbocycles. The van der Waals surface area contributed by atoms with Crippen molar-refractivity contribution in [1.29, 1.82) is 0 Å². The van der Waals surface area contributed by atoms with Crippen molar-refractivity contribution < 1.29 is 4.79 Å². The Morgan fingerprint density at radius 1 is 1.54 bits per heavy atom. The predicted octanol–water partition coefficient (Wildman–Crippen LogP) is 2.41. The number of hydrogen-bond acceptors (Lipinski definition) is 1. The molecule has 1 fully saturated rings. The van der Waals surface area contributed by atoms with E-state index in [2.05, 4.69) is 0 Å². The number of likely N-dealkylation sites (tertiary alicyclic amines) is 1. The molecule has 0 saturated carbocycles. The van der Waals surface area contributed by atoms with Gasteiger partial charge in [0.15, 0.2) is 0 Å². The van der Waals surface area contributed by atoms with Gasteiger partial charge in [-0.25, -0.2) is 0 Å². The van der Waals surface area contributed by atoms with Crippen LogP contribution < -0.4 is 0 Å². The van der Waals surface area contributed by atoms with Gasteiger partial charge in [0.1, 0.15) is 0 Å². The smallest absolute Gasteiger partial charge is 0.222 e. The van der Waals surface area contributed by atoms with Crippen LogP contribution in [0.4, 0.5) is 0 Å². The maximum Gasteiger partial charge on any atom is 0.222 e. The van der Waals surface area contributed by atoms with Crippen LogP contribution in [0.25, 0.3) is 0 Å². The van der Waals surface area contributed by atoms with E-state index in [-0.39, 0.29) is 5.91 Å². The van der Waals surface area contributed by atoms with Crippen molar-refractivity contribution in [2.24, 2.45) is 0 Å². The summed E-state index contributed by atoms with van der Waals surface area (Å²) in [5.74, 6) is 0.878. The first-order valence-corrected chi connectivity index (χ1v) is 5.68. The van der Waals surface area contributed by atoms with E-state index in [0.29, 0.717) is 18.3 Å². The van der Waals surface area contributed by atoms with E-state index >= 15 is 0 Å². The normalized spacial score (nSPS) is 23.2. The van der Waals surface area contributed by atoms with Crippen LogP contribution in [-0.4, -0.2) is 29.3 Å². The van der Waals surface area contributed by atoms with Gasteiger partial charge >= 0.3 is 0 Å². The van der Waals surface area contributed by atoms with E-state index in [1.807, 2.05) is 11.8 Å². The molecule has 2 nitrogen and oxygen atoms in total. The van der Waals surface area contributed by atoms with Gasteiger partial charge in [0.25, 0.3) is 0 Å². The molecule has 1 unspecified atom stereocenters. The van der Waals surface area contributed by atoms with Crippen molar-refractivity contribution >= 4 is 17.5 Å². The highest BCUT2D eigenvalue weighted by atomic mass is 35.5. The first kappa shape index (κ1) is 10.8. The van der Waals surface area contributed by atoms with E-state index in [9.17, 15) is 4.79 Å². The van der Waals surface area contributed by atoms with Crippen molar-refractivity contribution in [2.75, 3.05) is 12.4 Å². The molecule has 1 amide bonds. The molecule has 1 saturated heterocycles. The first-order chi connectivity index (χ1) is 6.29. The van der Waals surface area contributed by atoms with E-state index in [1.54, 1.807) is 0 Å². The number of nitrogens with zero attached hydrogens (tertiary/aromatic N) is 1. The third-order valence-electron chi connectivity index (χ3n) is 2.59. The van der Waals surface area contributed by atoms with Crippen LogP contribution in [0, 0.1) is 0 Å². The van der Waals surface area contributed by atoms with Gasteiger partial charge in [0.2, 0.25) is 5.91 Å². The molecule has 13 heavy (non-hydrogen) atoms. The minimum absolute atomic E-state index is 0.285. The number of hydrogen-bond donors (Lipinski definition) is 0. The quantitative estimate of drug-likeness (QED) is 0.646. The SMILES string of the molecule is CCCC(=O)N1CCCCC1CCl. The Balaban J connectivity index is 2.48. The minimum Gasteiger partial charge on any atom is -0.339 e. The summed E-state index contributed by atoms with van der Waals surface area (Å²) in [7, 11) is 0. The molecular formula is C10H18ClNO. The Morgan fingerprint density at radius 3 is 2.92 bits per heavy atom. The second-order valence-corrected chi connectivity index (χ2v) is 3.95. The lowest BCUT2D eigenvalue weighted by Crippen LogP contribution is -2.44. The van der Waals surface area contributed by atoms with Crippen molar-refractivity contribution in [3.63, 3.8) is 0 Å². The molecule has 76 valence electrons. The lowest BCUT2D eigenvalue weighted by Gasteiger charge is -2.34. The molecule has 0 N–H and O–H groups in total. The average Bonchev–Trinajstić information content (AvgIpc) is 2.18. The van der Waals surface area contributed by atoms with Crippen LogP contribution >= 0.6 is 11.6 Å². The summed E-state index contributed by atoms with van der Waals surface area (Å²) in [6.07, 6.45) is 5.05. The second kappa shape index (κ2) is 5.48. The maximum atomic E-state index is 11.6. The van der Waals surface area contributed by atoms with Crippen LogP contribution in [0.5, 0.6) is 0 Å². The second-order valence-electron chi connectivity index (χ2n) is 3.64. The summed E-state index contributed by atoms with van der Waals surface area (Å²) >= 11 is 5.83. The zero-order chi connectivity index (χ0) is 9.68. The number of carbonyl (C=O) groups is 1. The molecule has 0 bridgehead atoms. The number of carbonyl (C=O) groups excluding carboxylic acids is 1. The topological polar surface area (TPSA) is 20.3 Å². The molecule has 1 heterocycles. The van der Waals surface area contributed by atoms with E-state index in [1.165, 1.54) is 6.42 Å².